The maximum Gasteiger partial charge on any atom is 0.274 e. The minimum atomic E-state index is -3.36. The molecule has 0 aromatic heterocycles. The van der Waals surface area contributed by atoms with Gasteiger partial charge in [0.2, 0.25) is 10.0 Å². The molecule has 0 radical (unpaired) electrons. The monoisotopic (exact) mass is 291 g/mol. The van der Waals surface area contributed by atoms with Gasteiger partial charge in [0, 0.05) is 32.4 Å². The molecular weight excluding hydrogens is 277 g/mol. The van der Waals surface area contributed by atoms with Crippen LogP contribution in [0.2, 0.25) is 0 Å². The van der Waals surface area contributed by atoms with Crippen LogP contribution in [0.5, 0.6) is 0 Å². The van der Waals surface area contributed by atoms with Crippen LogP contribution in [-0.2, 0) is 10.0 Å². The Morgan fingerprint density at radius 1 is 1.37 bits per heavy atom. The molecule has 106 valence electrons. The molecular formula is C10H14FN3O4S. The van der Waals surface area contributed by atoms with Crippen molar-refractivity contribution in [1.29, 1.82) is 0 Å². The van der Waals surface area contributed by atoms with Crippen molar-refractivity contribution in [3.8, 4) is 0 Å². The van der Waals surface area contributed by atoms with Crippen molar-refractivity contribution in [2.45, 2.75) is 0 Å². The highest BCUT2D eigenvalue weighted by Crippen LogP contribution is 2.19. The molecule has 1 N–H and O–H groups in total. The second-order valence-electron chi connectivity index (χ2n) is 3.98. The summed E-state index contributed by atoms with van der Waals surface area (Å²) in [7, 11) is -0.551. The zero-order valence-corrected chi connectivity index (χ0v) is 11.3. The van der Waals surface area contributed by atoms with Crippen molar-refractivity contribution in [3.05, 3.63) is 34.1 Å². The van der Waals surface area contributed by atoms with Gasteiger partial charge in [0.25, 0.3) is 5.69 Å². The van der Waals surface area contributed by atoms with E-state index in [-0.39, 0.29) is 18.0 Å². The fourth-order valence-electron chi connectivity index (χ4n) is 1.29. The summed E-state index contributed by atoms with van der Waals surface area (Å²) in [5.74, 6) is -0.947. The van der Waals surface area contributed by atoms with Crippen molar-refractivity contribution >= 4 is 21.4 Å². The summed E-state index contributed by atoms with van der Waals surface area (Å²) in [5, 5.41) is 13.2. The number of non-ortho nitro benzene ring substituents is 1. The van der Waals surface area contributed by atoms with E-state index in [4.69, 9.17) is 0 Å². The maximum atomic E-state index is 13.1. The molecule has 0 spiro atoms. The molecule has 0 aliphatic carbocycles. The zero-order valence-electron chi connectivity index (χ0n) is 10.5. The average Bonchev–Trinajstić information content (AvgIpc) is 2.27. The lowest BCUT2D eigenvalue weighted by atomic mass is 10.2. The molecule has 0 atom stereocenters. The Labute approximate surface area is 110 Å². The number of halogens is 1. The molecule has 19 heavy (non-hydrogen) atoms. The van der Waals surface area contributed by atoms with E-state index < -0.39 is 26.5 Å². The summed E-state index contributed by atoms with van der Waals surface area (Å²) in [5.41, 5.74) is -0.223. The molecule has 9 heteroatoms. The zero-order chi connectivity index (χ0) is 14.6. The lowest BCUT2D eigenvalue weighted by molar-refractivity contribution is -0.385. The summed E-state index contributed by atoms with van der Waals surface area (Å²) in [4.78, 5) is 9.82. The van der Waals surface area contributed by atoms with Crippen molar-refractivity contribution in [3.63, 3.8) is 0 Å². The molecule has 0 bridgehead atoms. The number of nitro groups is 1. The van der Waals surface area contributed by atoms with Gasteiger partial charge in [0.15, 0.2) is 0 Å². The molecule has 0 aliphatic heterocycles. The smallest absolute Gasteiger partial charge is 0.274 e. The Bertz CT molecular complexity index is 574. The van der Waals surface area contributed by atoms with Crippen molar-refractivity contribution in [2.75, 3.05) is 31.7 Å². The Hall–Kier alpha value is -1.74. The summed E-state index contributed by atoms with van der Waals surface area (Å²) in [6.45, 7) is 0.0289. The number of hydrogen-bond acceptors (Lipinski definition) is 5. The van der Waals surface area contributed by atoms with Crippen molar-refractivity contribution in [2.24, 2.45) is 0 Å². The van der Waals surface area contributed by atoms with Gasteiger partial charge < -0.3 is 5.32 Å². The largest absolute Gasteiger partial charge is 0.384 e. The third kappa shape index (κ3) is 4.45. The van der Waals surface area contributed by atoms with Gasteiger partial charge in [-0.2, -0.15) is 0 Å². The second kappa shape index (κ2) is 5.93. The number of nitro benzene ring substituents is 1. The molecule has 0 saturated carbocycles. The third-order valence-corrected chi connectivity index (χ3v) is 4.17. The first-order chi connectivity index (χ1) is 8.72. The first-order valence-electron chi connectivity index (χ1n) is 5.31. The Morgan fingerprint density at radius 2 is 2.00 bits per heavy atom. The van der Waals surface area contributed by atoms with E-state index in [1.807, 2.05) is 0 Å². The normalized spacial score (nSPS) is 11.6. The van der Waals surface area contributed by atoms with Gasteiger partial charge in [-0.15, -0.1) is 0 Å². The van der Waals surface area contributed by atoms with Crippen molar-refractivity contribution < 1.29 is 17.7 Å². The van der Waals surface area contributed by atoms with Crippen LogP contribution in [0.4, 0.5) is 15.8 Å². The minimum Gasteiger partial charge on any atom is -0.384 e. The number of benzene rings is 1. The van der Waals surface area contributed by atoms with E-state index in [9.17, 15) is 22.9 Å². The highest BCUT2D eigenvalue weighted by molar-refractivity contribution is 7.89. The topological polar surface area (TPSA) is 92.6 Å². The SMILES string of the molecule is CN(C)S(=O)(=O)CCNc1cc(F)cc([N+](=O)[O-])c1. The first-order valence-corrected chi connectivity index (χ1v) is 6.92. The van der Waals surface area contributed by atoms with Gasteiger partial charge >= 0.3 is 0 Å². The van der Waals surface area contributed by atoms with Crippen LogP contribution in [0, 0.1) is 15.9 Å². The molecule has 1 rings (SSSR count). The fourth-order valence-corrected chi connectivity index (χ4v) is 2.01. The number of nitrogens with zero attached hydrogens (tertiary/aromatic N) is 2. The van der Waals surface area contributed by atoms with Gasteiger partial charge in [-0.3, -0.25) is 10.1 Å². The van der Waals surface area contributed by atoms with E-state index in [0.717, 1.165) is 22.5 Å². The molecule has 1 aromatic rings. The summed E-state index contributed by atoms with van der Waals surface area (Å²) in [6, 6.07) is 3.00. The molecule has 0 saturated heterocycles. The van der Waals surface area contributed by atoms with Gasteiger partial charge in [-0.25, -0.2) is 17.1 Å². The highest BCUT2D eigenvalue weighted by Gasteiger charge is 2.14. The van der Waals surface area contributed by atoms with Gasteiger partial charge in [-0.05, 0) is 6.07 Å². The van der Waals surface area contributed by atoms with E-state index in [1.165, 1.54) is 14.1 Å². The fraction of sp³-hybridized carbons (Fsp3) is 0.400. The second-order valence-corrected chi connectivity index (χ2v) is 6.28. The average molecular weight is 291 g/mol. The van der Waals surface area contributed by atoms with Gasteiger partial charge in [0.05, 0.1) is 16.7 Å². The van der Waals surface area contributed by atoms with Crippen LogP contribution >= 0.6 is 0 Å². The van der Waals surface area contributed by atoms with E-state index >= 15 is 0 Å². The number of anilines is 1. The van der Waals surface area contributed by atoms with Crippen LogP contribution in [0.15, 0.2) is 18.2 Å². The lowest BCUT2D eigenvalue weighted by Crippen LogP contribution is -2.28. The van der Waals surface area contributed by atoms with E-state index in [1.54, 1.807) is 0 Å². The Kier molecular flexibility index (Phi) is 4.78. The molecule has 1 aromatic carbocycles. The summed E-state index contributed by atoms with van der Waals surface area (Å²) >= 11 is 0. The van der Waals surface area contributed by atoms with Gasteiger partial charge in [0.1, 0.15) is 5.82 Å². The predicted molar refractivity (Wildman–Crippen MR) is 69.0 cm³/mol. The first kappa shape index (κ1) is 15.3. The third-order valence-electron chi connectivity index (χ3n) is 2.34. The van der Waals surface area contributed by atoms with Crippen molar-refractivity contribution in [1.82, 2.24) is 4.31 Å². The number of hydrogen-bond donors (Lipinski definition) is 1. The molecule has 0 fully saturated rings. The molecule has 0 heterocycles. The number of nitrogens with one attached hydrogen (secondary N) is 1. The minimum absolute atomic E-state index is 0.0289. The molecule has 7 nitrogen and oxygen atoms in total. The highest BCUT2D eigenvalue weighted by atomic mass is 32.2. The predicted octanol–water partition coefficient (Wildman–Crippen LogP) is 1.04. The Morgan fingerprint density at radius 3 is 2.53 bits per heavy atom. The standard InChI is InChI=1S/C10H14FN3O4S/c1-13(2)19(17,18)4-3-12-9-5-8(11)6-10(7-9)14(15)16/h5-7,12H,3-4H2,1-2H3. The van der Waals surface area contributed by atoms with E-state index in [2.05, 4.69) is 5.32 Å². The van der Waals surface area contributed by atoms with Crippen LogP contribution < -0.4 is 5.32 Å². The van der Waals surface area contributed by atoms with Crippen LogP contribution in [0.25, 0.3) is 0 Å². The number of sulfonamides is 1. The van der Waals surface area contributed by atoms with Crippen LogP contribution in [0.1, 0.15) is 0 Å². The lowest BCUT2D eigenvalue weighted by Gasteiger charge is -2.12. The van der Waals surface area contributed by atoms with Crippen LogP contribution in [-0.4, -0.2) is 44.0 Å². The molecule has 0 unspecified atom stereocenters. The van der Waals surface area contributed by atoms with Gasteiger partial charge in [-0.1, -0.05) is 0 Å². The van der Waals surface area contributed by atoms with Crippen LogP contribution in [0.3, 0.4) is 0 Å². The quantitative estimate of drug-likeness (QED) is 0.624. The Balaban J connectivity index is 2.71. The number of rotatable bonds is 6. The van der Waals surface area contributed by atoms with E-state index in [0.29, 0.717) is 0 Å². The maximum absolute atomic E-state index is 13.1. The summed E-state index contributed by atoms with van der Waals surface area (Å²) in [6.07, 6.45) is 0. The molecule has 0 amide bonds. The molecule has 0 aliphatic rings. The summed E-state index contributed by atoms with van der Waals surface area (Å²) < 4.78 is 37.1.